The zero-order valence-electron chi connectivity index (χ0n) is 16.4. The molecule has 0 fully saturated rings. The first-order valence-electron chi connectivity index (χ1n) is 8.74. The molecule has 0 aromatic carbocycles. The fourth-order valence-corrected chi connectivity index (χ4v) is 2.31. The Hall–Kier alpha value is -2.64. The maximum Gasteiger partial charge on any atom is 0.333 e. The molecule has 0 rings (SSSR count). The standard InChI is InChI=1S/C19H28O8/c1-7-24-15(20)13(5)11-19(17(22)26-9-3,18(23)27-10-4)12-14(6)16(21)25-8-2/h5-12H2,1-4H3. The van der Waals surface area contributed by atoms with Crippen molar-refractivity contribution in [2.45, 2.75) is 40.5 Å². The Morgan fingerprint density at radius 3 is 1.19 bits per heavy atom. The molecule has 8 nitrogen and oxygen atoms in total. The highest BCUT2D eigenvalue weighted by atomic mass is 16.6. The van der Waals surface area contributed by atoms with Gasteiger partial charge in [0, 0.05) is 24.0 Å². The molecule has 0 aliphatic rings. The molecule has 0 atom stereocenters. The number of carbonyl (C=O) groups excluding carboxylic acids is 4. The van der Waals surface area contributed by atoms with E-state index in [1.165, 1.54) is 0 Å². The van der Waals surface area contributed by atoms with Gasteiger partial charge in [0.25, 0.3) is 0 Å². The van der Waals surface area contributed by atoms with Crippen LogP contribution in [0.1, 0.15) is 40.5 Å². The van der Waals surface area contributed by atoms with Gasteiger partial charge in [-0.2, -0.15) is 0 Å². The lowest BCUT2D eigenvalue weighted by Gasteiger charge is -2.29. The van der Waals surface area contributed by atoms with Gasteiger partial charge in [-0.3, -0.25) is 9.59 Å². The number of esters is 4. The number of hydrogen-bond acceptors (Lipinski definition) is 8. The Morgan fingerprint density at radius 1 is 0.630 bits per heavy atom. The van der Waals surface area contributed by atoms with E-state index in [-0.39, 0.29) is 37.6 Å². The van der Waals surface area contributed by atoms with Crippen molar-refractivity contribution in [2.24, 2.45) is 5.41 Å². The van der Waals surface area contributed by atoms with Gasteiger partial charge in [-0.05, 0) is 27.7 Å². The van der Waals surface area contributed by atoms with Crippen molar-refractivity contribution in [2.75, 3.05) is 26.4 Å². The highest BCUT2D eigenvalue weighted by molar-refractivity contribution is 6.04. The minimum atomic E-state index is -2.00. The second-order valence-electron chi connectivity index (χ2n) is 5.52. The van der Waals surface area contributed by atoms with E-state index in [1.807, 2.05) is 0 Å². The van der Waals surface area contributed by atoms with Crippen molar-refractivity contribution < 1.29 is 38.1 Å². The molecular formula is C19H28O8. The second-order valence-corrected chi connectivity index (χ2v) is 5.52. The Bertz CT molecular complexity index is 539. The topological polar surface area (TPSA) is 105 Å². The zero-order chi connectivity index (χ0) is 21.0. The average molecular weight is 384 g/mol. The largest absolute Gasteiger partial charge is 0.465 e. The van der Waals surface area contributed by atoms with Gasteiger partial charge >= 0.3 is 23.9 Å². The maximum absolute atomic E-state index is 12.7. The molecule has 0 N–H and O–H groups in total. The third-order valence-electron chi connectivity index (χ3n) is 3.49. The van der Waals surface area contributed by atoms with Crippen LogP contribution in [0.15, 0.2) is 24.3 Å². The van der Waals surface area contributed by atoms with E-state index in [0.717, 1.165) is 0 Å². The van der Waals surface area contributed by atoms with Crippen LogP contribution in [-0.2, 0) is 38.1 Å². The fourth-order valence-electron chi connectivity index (χ4n) is 2.31. The van der Waals surface area contributed by atoms with E-state index in [0.29, 0.717) is 0 Å². The van der Waals surface area contributed by atoms with Crippen LogP contribution < -0.4 is 0 Å². The van der Waals surface area contributed by atoms with Crippen molar-refractivity contribution in [1.82, 2.24) is 0 Å². The summed E-state index contributed by atoms with van der Waals surface area (Å²) in [6, 6.07) is 0. The van der Waals surface area contributed by atoms with Gasteiger partial charge < -0.3 is 18.9 Å². The minimum absolute atomic E-state index is 0.0161. The summed E-state index contributed by atoms with van der Waals surface area (Å²) < 4.78 is 19.8. The first-order valence-corrected chi connectivity index (χ1v) is 8.74. The fraction of sp³-hybridized carbons (Fsp3) is 0.579. The molecule has 0 aromatic heterocycles. The molecule has 0 bridgehead atoms. The summed E-state index contributed by atoms with van der Waals surface area (Å²) in [7, 11) is 0. The highest BCUT2D eigenvalue weighted by Gasteiger charge is 2.51. The molecule has 0 aliphatic heterocycles. The quantitative estimate of drug-likeness (QED) is 0.218. The third kappa shape index (κ3) is 6.88. The van der Waals surface area contributed by atoms with Crippen molar-refractivity contribution in [3.8, 4) is 0 Å². The Morgan fingerprint density at radius 2 is 0.926 bits per heavy atom. The molecule has 0 saturated carbocycles. The summed E-state index contributed by atoms with van der Waals surface area (Å²) in [6.07, 6.45) is -0.885. The summed E-state index contributed by atoms with van der Waals surface area (Å²) in [5.74, 6) is -3.42. The molecule has 0 radical (unpaired) electrons. The summed E-state index contributed by atoms with van der Waals surface area (Å²) in [5, 5.41) is 0. The Labute approximate surface area is 159 Å². The molecule has 0 aliphatic carbocycles. The SMILES string of the molecule is C=C(CC(CC(=C)C(=O)OCC)(C(=O)OCC)C(=O)OCC)C(=O)OCC. The van der Waals surface area contributed by atoms with Crippen LogP contribution in [0.25, 0.3) is 0 Å². The molecule has 152 valence electrons. The molecule has 27 heavy (non-hydrogen) atoms. The Balaban J connectivity index is 6.01. The lowest BCUT2D eigenvalue weighted by atomic mass is 9.76. The van der Waals surface area contributed by atoms with E-state index in [1.54, 1.807) is 27.7 Å². The Kier molecular flexibility index (Phi) is 10.7. The van der Waals surface area contributed by atoms with Crippen molar-refractivity contribution in [3.05, 3.63) is 24.3 Å². The van der Waals surface area contributed by atoms with Crippen molar-refractivity contribution >= 4 is 23.9 Å². The first-order chi connectivity index (χ1) is 12.7. The molecule has 8 heteroatoms. The molecule has 0 unspecified atom stereocenters. The van der Waals surface area contributed by atoms with Crippen LogP contribution in [-0.4, -0.2) is 50.3 Å². The second kappa shape index (κ2) is 11.9. The van der Waals surface area contributed by atoms with Crippen LogP contribution in [0.3, 0.4) is 0 Å². The summed E-state index contributed by atoms with van der Waals surface area (Å²) in [6.45, 7) is 13.7. The van der Waals surface area contributed by atoms with E-state index < -0.39 is 42.1 Å². The van der Waals surface area contributed by atoms with Gasteiger partial charge in [-0.25, -0.2) is 9.59 Å². The van der Waals surface area contributed by atoms with Crippen LogP contribution in [0.2, 0.25) is 0 Å². The molecule has 0 aromatic rings. The predicted molar refractivity (Wildman–Crippen MR) is 96.5 cm³/mol. The number of hydrogen-bond donors (Lipinski definition) is 0. The van der Waals surface area contributed by atoms with Gasteiger partial charge in [0.2, 0.25) is 0 Å². The van der Waals surface area contributed by atoms with Crippen LogP contribution in [0.5, 0.6) is 0 Å². The van der Waals surface area contributed by atoms with Crippen molar-refractivity contribution in [1.29, 1.82) is 0 Å². The summed E-state index contributed by atoms with van der Waals surface area (Å²) in [5.41, 5.74) is -2.26. The highest BCUT2D eigenvalue weighted by Crippen LogP contribution is 2.37. The third-order valence-corrected chi connectivity index (χ3v) is 3.49. The van der Waals surface area contributed by atoms with Crippen LogP contribution in [0.4, 0.5) is 0 Å². The normalized spacial score (nSPS) is 10.5. The van der Waals surface area contributed by atoms with Gasteiger partial charge in [0.05, 0.1) is 26.4 Å². The number of ether oxygens (including phenoxy) is 4. The van der Waals surface area contributed by atoms with E-state index >= 15 is 0 Å². The summed E-state index contributed by atoms with van der Waals surface area (Å²) in [4.78, 5) is 49.3. The molecule has 0 saturated heterocycles. The minimum Gasteiger partial charge on any atom is -0.465 e. The lowest BCUT2D eigenvalue weighted by molar-refractivity contribution is -0.172. The summed E-state index contributed by atoms with van der Waals surface area (Å²) >= 11 is 0. The number of carbonyl (C=O) groups is 4. The molecular weight excluding hydrogens is 356 g/mol. The molecule has 0 spiro atoms. The van der Waals surface area contributed by atoms with Crippen molar-refractivity contribution in [3.63, 3.8) is 0 Å². The lowest BCUT2D eigenvalue weighted by Crippen LogP contribution is -2.44. The average Bonchev–Trinajstić information content (AvgIpc) is 2.61. The van der Waals surface area contributed by atoms with E-state index in [2.05, 4.69) is 13.2 Å². The van der Waals surface area contributed by atoms with Gasteiger partial charge in [-0.1, -0.05) is 13.2 Å². The smallest absolute Gasteiger partial charge is 0.333 e. The van der Waals surface area contributed by atoms with Crippen LogP contribution in [0, 0.1) is 5.41 Å². The first kappa shape index (κ1) is 24.4. The maximum atomic E-state index is 12.7. The van der Waals surface area contributed by atoms with E-state index in [9.17, 15) is 19.2 Å². The van der Waals surface area contributed by atoms with Gasteiger partial charge in [-0.15, -0.1) is 0 Å². The zero-order valence-corrected chi connectivity index (χ0v) is 16.4. The van der Waals surface area contributed by atoms with Crippen LogP contribution >= 0.6 is 0 Å². The number of rotatable bonds is 12. The van der Waals surface area contributed by atoms with E-state index in [4.69, 9.17) is 18.9 Å². The molecule has 0 heterocycles. The van der Waals surface area contributed by atoms with Gasteiger partial charge in [0.1, 0.15) is 0 Å². The van der Waals surface area contributed by atoms with Gasteiger partial charge in [0.15, 0.2) is 5.41 Å². The monoisotopic (exact) mass is 384 g/mol. The molecule has 0 amide bonds. The predicted octanol–water partition coefficient (Wildman–Crippen LogP) is 2.12.